The molecule has 17 heavy (non-hydrogen) atoms. The molecule has 0 heterocycles. The third-order valence-electron chi connectivity index (χ3n) is 3.55. The van der Waals surface area contributed by atoms with Gasteiger partial charge in [-0.25, -0.2) is 0 Å². The summed E-state index contributed by atoms with van der Waals surface area (Å²) < 4.78 is 0. The van der Waals surface area contributed by atoms with Gasteiger partial charge in [-0.2, -0.15) is 0 Å². The summed E-state index contributed by atoms with van der Waals surface area (Å²) in [5.74, 6) is 0.195. The Morgan fingerprint density at radius 1 is 1.18 bits per heavy atom. The van der Waals surface area contributed by atoms with Crippen LogP contribution in [0.1, 0.15) is 47.3 Å². The van der Waals surface area contributed by atoms with Crippen LogP contribution in [0.4, 0.5) is 0 Å². The molecular formula is C15H23NO. The molecule has 0 spiro atoms. The van der Waals surface area contributed by atoms with E-state index in [1.165, 1.54) is 11.1 Å². The fourth-order valence-corrected chi connectivity index (χ4v) is 1.86. The van der Waals surface area contributed by atoms with Gasteiger partial charge in [-0.05, 0) is 49.4 Å². The molecule has 0 radical (unpaired) electrons. The predicted molar refractivity (Wildman–Crippen MR) is 72.4 cm³/mol. The Morgan fingerprint density at radius 3 is 2.29 bits per heavy atom. The molecule has 1 aromatic carbocycles. The lowest BCUT2D eigenvalue weighted by Crippen LogP contribution is -2.27. The van der Waals surface area contributed by atoms with Gasteiger partial charge in [0.05, 0.1) is 0 Å². The molecule has 0 atom stereocenters. The maximum atomic E-state index is 12.2. The number of nitrogens with two attached hydrogens (primary N) is 1. The summed E-state index contributed by atoms with van der Waals surface area (Å²) in [6.07, 6.45) is 0.507. The van der Waals surface area contributed by atoms with Crippen LogP contribution in [0.3, 0.4) is 0 Å². The molecule has 0 saturated heterocycles. The molecule has 0 aliphatic carbocycles. The minimum atomic E-state index is -0.123. The summed E-state index contributed by atoms with van der Waals surface area (Å²) in [7, 11) is 0. The highest BCUT2D eigenvalue weighted by Gasteiger charge is 2.22. The number of carbonyl (C=O) groups excluding carboxylic acids is 1. The van der Waals surface area contributed by atoms with Crippen molar-refractivity contribution >= 4 is 5.78 Å². The number of hydrogen-bond acceptors (Lipinski definition) is 2. The first-order valence-corrected chi connectivity index (χ1v) is 6.08. The van der Waals surface area contributed by atoms with Gasteiger partial charge in [-0.1, -0.05) is 26.0 Å². The molecule has 94 valence electrons. The van der Waals surface area contributed by atoms with E-state index in [9.17, 15) is 4.79 Å². The minimum absolute atomic E-state index is 0.123. The van der Waals surface area contributed by atoms with E-state index in [0.29, 0.717) is 13.0 Å². The molecule has 0 aromatic heterocycles. The van der Waals surface area contributed by atoms with Gasteiger partial charge >= 0.3 is 0 Å². The molecule has 1 aromatic rings. The van der Waals surface area contributed by atoms with Crippen molar-refractivity contribution < 1.29 is 4.79 Å². The molecule has 0 fully saturated rings. The van der Waals surface area contributed by atoms with E-state index in [1.807, 2.05) is 32.9 Å². The highest BCUT2D eigenvalue weighted by Crippen LogP contribution is 2.24. The van der Waals surface area contributed by atoms with Crippen molar-refractivity contribution in [3.63, 3.8) is 0 Å². The van der Waals surface area contributed by atoms with Crippen molar-refractivity contribution in [3.8, 4) is 0 Å². The van der Waals surface area contributed by atoms with Crippen LogP contribution in [-0.4, -0.2) is 12.3 Å². The number of rotatable bonds is 4. The van der Waals surface area contributed by atoms with Crippen LogP contribution >= 0.6 is 0 Å². The highest BCUT2D eigenvalue weighted by atomic mass is 16.1. The smallest absolute Gasteiger partial charge is 0.163 e. The Balaban J connectivity index is 3.02. The van der Waals surface area contributed by atoms with Crippen molar-refractivity contribution in [2.24, 2.45) is 11.1 Å². The number of Topliss-reactive ketones (excluding diaryl/α,β-unsaturated/α-hetero) is 1. The molecule has 2 N–H and O–H groups in total. The summed E-state index contributed by atoms with van der Waals surface area (Å²) in [6.45, 7) is 10.7. The van der Waals surface area contributed by atoms with Crippen LogP contribution in [-0.2, 0) is 0 Å². The monoisotopic (exact) mass is 233 g/mol. The topological polar surface area (TPSA) is 43.1 Å². The number of aryl methyl sites for hydroxylation is 1. The summed E-state index contributed by atoms with van der Waals surface area (Å²) in [5.41, 5.74) is 9.93. The first-order chi connectivity index (χ1) is 7.78. The van der Waals surface area contributed by atoms with E-state index in [0.717, 1.165) is 11.1 Å². The highest BCUT2D eigenvalue weighted by molar-refractivity contribution is 5.98. The zero-order chi connectivity index (χ0) is 13.2. The molecule has 2 nitrogen and oxygen atoms in total. The second-order valence-electron chi connectivity index (χ2n) is 5.65. The van der Waals surface area contributed by atoms with Gasteiger partial charge in [0.15, 0.2) is 5.78 Å². The SMILES string of the molecule is Cc1ccc(C(=O)CC(C)(C)CN)c(C)c1C. The number of benzene rings is 1. The largest absolute Gasteiger partial charge is 0.330 e. The molecule has 0 unspecified atom stereocenters. The summed E-state index contributed by atoms with van der Waals surface area (Å²) in [4.78, 5) is 12.2. The molecule has 0 bridgehead atoms. The zero-order valence-corrected chi connectivity index (χ0v) is 11.6. The van der Waals surface area contributed by atoms with Crippen LogP contribution in [0.5, 0.6) is 0 Å². The number of carbonyl (C=O) groups is 1. The van der Waals surface area contributed by atoms with E-state index in [1.54, 1.807) is 0 Å². The van der Waals surface area contributed by atoms with Gasteiger partial charge in [0.2, 0.25) is 0 Å². The molecule has 1 rings (SSSR count). The van der Waals surface area contributed by atoms with Gasteiger partial charge in [0.1, 0.15) is 0 Å². The lowest BCUT2D eigenvalue weighted by Gasteiger charge is -2.22. The third-order valence-corrected chi connectivity index (χ3v) is 3.55. The van der Waals surface area contributed by atoms with Gasteiger partial charge in [-0.15, -0.1) is 0 Å². The fraction of sp³-hybridized carbons (Fsp3) is 0.533. The Kier molecular flexibility index (Phi) is 4.10. The maximum absolute atomic E-state index is 12.2. The lowest BCUT2D eigenvalue weighted by molar-refractivity contribution is 0.0934. The fourth-order valence-electron chi connectivity index (χ4n) is 1.86. The Bertz CT molecular complexity index is 433. The molecule has 0 aliphatic rings. The molecule has 0 aliphatic heterocycles. The summed E-state index contributed by atoms with van der Waals surface area (Å²) in [6, 6.07) is 3.96. The van der Waals surface area contributed by atoms with Crippen LogP contribution in [0.25, 0.3) is 0 Å². The standard InChI is InChI=1S/C15H23NO/c1-10-6-7-13(12(3)11(10)2)14(17)8-15(4,5)9-16/h6-7H,8-9,16H2,1-5H3. The second-order valence-corrected chi connectivity index (χ2v) is 5.65. The van der Waals surface area contributed by atoms with Gasteiger partial charge in [0.25, 0.3) is 0 Å². The van der Waals surface area contributed by atoms with Crippen LogP contribution in [0.15, 0.2) is 12.1 Å². The first-order valence-electron chi connectivity index (χ1n) is 6.08. The zero-order valence-electron chi connectivity index (χ0n) is 11.6. The normalized spacial score (nSPS) is 11.6. The van der Waals surface area contributed by atoms with E-state index in [-0.39, 0.29) is 11.2 Å². The number of ketones is 1. The lowest BCUT2D eigenvalue weighted by atomic mass is 9.84. The van der Waals surface area contributed by atoms with Crippen LogP contribution in [0, 0.1) is 26.2 Å². The van der Waals surface area contributed by atoms with Gasteiger partial charge in [0, 0.05) is 12.0 Å². The first kappa shape index (κ1) is 13.9. The Hall–Kier alpha value is -1.15. The molecular weight excluding hydrogens is 210 g/mol. The van der Waals surface area contributed by atoms with Crippen molar-refractivity contribution in [1.29, 1.82) is 0 Å². The molecule has 0 amide bonds. The average molecular weight is 233 g/mol. The third kappa shape index (κ3) is 3.16. The molecule has 2 heteroatoms. The van der Waals surface area contributed by atoms with Gasteiger partial charge in [-0.3, -0.25) is 4.79 Å². The number of hydrogen-bond donors (Lipinski definition) is 1. The van der Waals surface area contributed by atoms with Crippen LogP contribution < -0.4 is 5.73 Å². The Labute approximate surface area is 104 Å². The van der Waals surface area contributed by atoms with E-state index in [4.69, 9.17) is 5.73 Å². The van der Waals surface area contributed by atoms with E-state index >= 15 is 0 Å². The van der Waals surface area contributed by atoms with E-state index in [2.05, 4.69) is 13.8 Å². The maximum Gasteiger partial charge on any atom is 0.163 e. The minimum Gasteiger partial charge on any atom is -0.330 e. The van der Waals surface area contributed by atoms with Crippen molar-refractivity contribution in [2.45, 2.75) is 41.0 Å². The van der Waals surface area contributed by atoms with E-state index < -0.39 is 0 Å². The van der Waals surface area contributed by atoms with Crippen LogP contribution in [0.2, 0.25) is 0 Å². The summed E-state index contributed by atoms with van der Waals surface area (Å²) in [5, 5.41) is 0. The quantitative estimate of drug-likeness (QED) is 0.812. The Morgan fingerprint density at radius 2 is 1.76 bits per heavy atom. The molecule has 0 saturated carbocycles. The average Bonchev–Trinajstić information content (AvgIpc) is 2.25. The van der Waals surface area contributed by atoms with Crippen molar-refractivity contribution in [2.75, 3.05) is 6.54 Å². The van der Waals surface area contributed by atoms with Crippen molar-refractivity contribution in [3.05, 3.63) is 34.4 Å². The second kappa shape index (κ2) is 5.01. The van der Waals surface area contributed by atoms with Gasteiger partial charge < -0.3 is 5.73 Å². The van der Waals surface area contributed by atoms with Crippen molar-refractivity contribution in [1.82, 2.24) is 0 Å². The summed E-state index contributed by atoms with van der Waals surface area (Å²) >= 11 is 0. The predicted octanol–water partition coefficient (Wildman–Crippen LogP) is 3.17.